The summed E-state index contributed by atoms with van der Waals surface area (Å²) in [4.78, 5) is 2.10. The Labute approximate surface area is 128 Å². The number of aliphatic hydroxyl groups is 1. The summed E-state index contributed by atoms with van der Waals surface area (Å²) >= 11 is 12.0. The second-order valence-electron chi connectivity index (χ2n) is 4.30. The fourth-order valence-corrected chi connectivity index (χ4v) is 2.89. The van der Waals surface area contributed by atoms with Gasteiger partial charge in [-0.25, -0.2) is 0 Å². The first kappa shape index (κ1) is 16.8. The lowest BCUT2D eigenvalue weighted by molar-refractivity contribution is 0.109. The summed E-state index contributed by atoms with van der Waals surface area (Å²) in [7, 11) is 0. The van der Waals surface area contributed by atoms with Gasteiger partial charge in [-0.2, -0.15) is 0 Å². The maximum absolute atomic E-state index is 9.98. The van der Waals surface area contributed by atoms with E-state index in [1.54, 1.807) is 6.07 Å². The first-order chi connectivity index (χ1) is 8.63. The van der Waals surface area contributed by atoms with Crippen molar-refractivity contribution in [3.63, 3.8) is 0 Å². The molecule has 0 bridgehead atoms. The highest BCUT2D eigenvalue weighted by Crippen LogP contribution is 2.37. The SMILES string of the molecule is Cl.OC[C@@H](c1c(O)cc(Cl)cc1Cl)N1CCNCC1. The van der Waals surface area contributed by atoms with E-state index in [0.29, 0.717) is 15.6 Å². The molecule has 3 N–H and O–H groups in total. The number of aromatic hydroxyl groups is 1. The molecule has 1 heterocycles. The molecule has 1 aromatic rings. The molecule has 1 saturated heterocycles. The summed E-state index contributed by atoms with van der Waals surface area (Å²) in [6, 6.07) is 2.74. The summed E-state index contributed by atoms with van der Waals surface area (Å²) in [5.41, 5.74) is 0.547. The highest BCUT2D eigenvalue weighted by molar-refractivity contribution is 6.35. The maximum Gasteiger partial charge on any atom is 0.123 e. The van der Waals surface area contributed by atoms with Crippen LogP contribution in [0, 0.1) is 0 Å². The van der Waals surface area contributed by atoms with E-state index in [1.165, 1.54) is 6.07 Å². The van der Waals surface area contributed by atoms with Gasteiger partial charge in [-0.05, 0) is 12.1 Å². The normalized spacial score (nSPS) is 17.8. The summed E-state index contributed by atoms with van der Waals surface area (Å²) in [6.45, 7) is 3.26. The number of rotatable bonds is 3. The quantitative estimate of drug-likeness (QED) is 0.795. The van der Waals surface area contributed by atoms with Crippen molar-refractivity contribution < 1.29 is 10.2 Å². The van der Waals surface area contributed by atoms with Crippen molar-refractivity contribution >= 4 is 35.6 Å². The molecule has 0 radical (unpaired) electrons. The molecule has 1 atom stereocenters. The smallest absolute Gasteiger partial charge is 0.123 e. The summed E-state index contributed by atoms with van der Waals surface area (Å²) in [5.74, 6) is 0.0325. The first-order valence-electron chi connectivity index (χ1n) is 5.87. The van der Waals surface area contributed by atoms with E-state index in [9.17, 15) is 10.2 Å². The molecule has 0 amide bonds. The van der Waals surface area contributed by atoms with Crippen LogP contribution in [0.5, 0.6) is 5.75 Å². The van der Waals surface area contributed by atoms with Crippen LogP contribution < -0.4 is 5.32 Å². The monoisotopic (exact) mass is 326 g/mol. The minimum absolute atomic E-state index is 0. The Hall–Kier alpha value is -0.230. The minimum atomic E-state index is -0.295. The molecule has 19 heavy (non-hydrogen) atoms. The number of nitrogens with zero attached hydrogens (tertiary/aromatic N) is 1. The van der Waals surface area contributed by atoms with Gasteiger partial charge in [-0.15, -0.1) is 12.4 Å². The average Bonchev–Trinajstić information content (AvgIpc) is 2.34. The van der Waals surface area contributed by atoms with Crippen molar-refractivity contribution in [2.24, 2.45) is 0 Å². The Bertz CT molecular complexity index is 402. The van der Waals surface area contributed by atoms with Gasteiger partial charge in [0, 0.05) is 36.8 Å². The van der Waals surface area contributed by atoms with Crippen molar-refractivity contribution in [2.45, 2.75) is 6.04 Å². The molecule has 0 spiro atoms. The van der Waals surface area contributed by atoms with Crippen LogP contribution in [0.2, 0.25) is 10.0 Å². The second-order valence-corrected chi connectivity index (χ2v) is 5.15. The molecular weight excluding hydrogens is 311 g/mol. The van der Waals surface area contributed by atoms with Crippen LogP contribution in [-0.4, -0.2) is 47.9 Å². The fourth-order valence-electron chi connectivity index (χ4n) is 2.28. The zero-order valence-corrected chi connectivity index (χ0v) is 12.6. The number of aliphatic hydroxyl groups excluding tert-OH is 1. The second kappa shape index (κ2) is 7.53. The van der Waals surface area contributed by atoms with Gasteiger partial charge in [0.15, 0.2) is 0 Å². The van der Waals surface area contributed by atoms with E-state index >= 15 is 0 Å². The van der Waals surface area contributed by atoms with Gasteiger partial charge in [0.25, 0.3) is 0 Å². The lowest BCUT2D eigenvalue weighted by Crippen LogP contribution is -2.46. The third kappa shape index (κ3) is 3.88. The average molecular weight is 328 g/mol. The van der Waals surface area contributed by atoms with Gasteiger partial charge in [-0.1, -0.05) is 23.2 Å². The highest BCUT2D eigenvalue weighted by Gasteiger charge is 2.26. The van der Waals surface area contributed by atoms with E-state index in [0.717, 1.165) is 26.2 Å². The maximum atomic E-state index is 9.98. The molecule has 0 unspecified atom stereocenters. The van der Waals surface area contributed by atoms with Crippen molar-refractivity contribution in [3.05, 3.63) is 27.7 Å². The van der Waals surface area contributed by atoms with Gasteiger partial charge >= 0.3 is 0 Å². The minimum Gasteiger partial charge on any atom is -0.507 e. The Morgan fingerprint density at radius 3 is 2.42 bits per heavy atom. The van der Waals surface area contributed by atoms with Crippen LogP contribution in [0.3, 0.4) is 0 Å². The van der Waals surface area contributed by atoms with Crippen LogP contribution in [0.15, 0.2) is 12.1 Å². The molecule has 1 aliphatic heterocycles. The molecule has 0 saturated carbocycles. The van der Waals surface area contributed by atoms with Crippen molar-refractivity contribution in [1.29, 1.82) is 0 Å². The number of nitrogens with one attached hydrogen (secondary N) is 1. The molecule has 1 aliphatic rings. The van der Waals surface area contributed by atoms with Gasteiger partial charge in [-0.3, -0.25) is 4.90 Å². The topological polar surface area (TPSA) is 55.7 Å². The van der Waals surface area contributed by atoms with Gasteiger partial charge in [0.2, 0.25) is 0 Å². The molecular formula is C12H17Cl3N2O2. The Kier molecular flexibility index (Phi) is 6.66. The van der Waals surface area contributed by atoms with Gasteiger partial charge < -0.3 is 15.5 Å². The van der Waals surface area contributed by atoms with E-state index in [4.69, 9.17) is 23.2 Å². The van der Waals surface area contributed by atoms with Crippen LogP contribution in [0.1, 0.15) is 11.6 Å². The lowest BCUT2D eigenvalue weighted by Gasteiger charge is -2.34. The number of halogens is 3. The summed E-state index contributed by atoms with van der Waals surface area (Å²) in [6.07, 6.45) is 0. The number of phenols is 1. The Morgan fingerprint density at radius 2 is 1.89 bits per heavy atom. The number of hydrogen-bond donors (Lipinski definition) is 3. The molecule has 0 aliphatic carbocycles. The number of hydrogen-bond acceptors (Lipinski definition) is 4. The molecule has 4 nitrogen and oxygen atoms in total. The molecule has 1 fully saturated rings. The van der Waals surface area contributed by atoms with Crippen molar-refractivity contribution in [1.82, 2.24) is 10.2 Å². The third-order valence-corrected chi connectivity index (χ3v) is 3.70. The molecule has 7 heteroatoms. The van der Waals surface area contributed by atoms with E-state index in [1.807, 2.05) is 0 Å². The third-order valence-electron chi connectivity index (χ3n) is 3.17. The first-order valence-corrected chi connectivity index (χ1v) is 6.62. The molecule has 0 aromatic heterocycles. The highest BCUT2D eigenvalue weighted by atomic mass is 35.5. The van der Waals surface area contributed by atoms with Crippen molar-refractivity contribution in [3.8, 4) is 5.75 Å². The van der Waals surface area contributed by atoms with Crippen LogP contribution in [-0.2, 0) is 0 Å². The van der Waals surface area contributed by atoms with Crippen LogP contribution >= 0.6 is 35.6 Å². The number of phenolic OH excluding ortho intramolecular Hbond substituents is 1. The number of piperazine rings is 1. The molecule has 1 aromatic carbocycles. The van der Waals surface area contributed by atoms with Crippen LogP contribution in [0.4, 0.5) is 0 Å². The van der Waals surface area contributed by atoms with E-state index in [-0.39, 0.29) is 30.8 Å². The van der Waals surface area contributed by atoms with Crippen molar-refractivity contribution in [2.75, 3.05) is 32.8 Å². The van der Waals surface area contributed by atoms with E-state index in [2.05, 4.69) is 10.2 Å². The van der Waals surface area contributed by atoms with Gasteiger partial charge in [0.05, 0.1) is 17.7 Å². The predicted octanol–water partition coefficient (Wildman–Crippen LogP) is 2.06. The van der Waals surface area contributed by atoms with Gasteiger partial charge in [0.1, 0.15) is 5.75 Å². The van der Waals surface area contributed by atoms with Crippen LogP contribution in [0.25, 0.3) is 0 Å². The predicted molar refractivity (Wildman–Crippen MR) is 79.6 cm³/mol. The standard InChI is InChI=1S/C12H16Cl2N2O2.ClH/c13-8-5-9(14)12(11(18)6-8)10(7-17)16-3-1-15-2-4-16;/h5-6,10,15,17-18H,1-4,7H2;1H/t10-;/m0./s1. The Balaban J connectivity index is 0.00000180. The molecule has 108 valence electrons. The Morgan fingerprint density at radius 1 is 1.26 bits per heavy atom. The zero-order valence-electron chi connectivity index (χ0n) is 10.3. The molecule has 2 rings (SSSR count). The summed E-state index contributed by atoms with van der Waals surface area (Å²) < 4.78 is 0. The fraction of sp³-hybridized carbons (Fsp3) is 0.500. The summed E-state index contributed by atoms with van der Waals surface area (Å²) in [5, 5.41) is 23.6. The lowest BCUT2D eigenvalue weighted by atomic mass is 10.0. The largest absolute Gasteiger partial charge is 0.507 e. The number of benzene rings is 1. The van der Waals surface area contributed by atoms with E-state index < -0.39 is 0 Å². The zero-order chi connectivity index (χ0) is 13.1.